The van der Waals surface area contributed by atoms with Crippen LogP contribution < -0.4 is 14.8 Å². The summed E-state index contributed by atoms with van der Waals surface area (Å²) in [6.45, 7) is 0. The molecule has 6 heteroatoms. The number of hydrogen-bond donors (Lipinski definition) is 1. The predicted molar refractivity (Wildman–Crippen MR) is 94.4 cm³/mol. The Balaban J connectivity index is 1.96. The zero-order chi connectivity index (χ0) is 17.1. The largest absolute Gasteiger partial charge is 0.313 e. The number of carbonyl (C=O) groups excluding carboxylic acids is 1. The van der Waals surface area contributed by atoms with Crippen molar-refractivity contribution in [3.8, 4) is 0 Å². The lowest BCUT2D eigenvalue weighted by atomic mass is 10.1. The smallest absolute Gasteiger partial charge is 0.266 e. The van der Waals surface area contributed by atoms with E-state index in [1.807, 2.05) is 0 Å². The molecule has 0 fully saturated rings. The standard InChI is InChI=1S/C18H11ClFNO2S/c19-13-5-3-12(4-6-13)15(22)10-17-21-18(23)16(24-17)9-11-1-7-14(20)8-2-11/h1-10H,(H,21,23). The summed E-state index contributed by atoms with van der Waals surface area (Å²) in [6, 6.07) is 12.3. The predicted octanol–water partition coefficient (Wildman–Crippen LogP) is 2.72. The maximum Gasteiger partial charge on any atom is 0.266 e. The monoisotopic (exact) mass is 359 g/mol. The van der Waals surface area contributed by atoms with Gasteiger partial charge in [-0.05, 0) is 48.0 Å². The Bertz CT molecular complexity index is 1050. The van der Waals surface area contributed by atoms with Crippen molar-refractivity contribution in [1.82, 2.24) is 4.98 Å². The summed E-state index contributed by atoms with van der Waals surface area (Å²) in [6.07, 6.45) is 3.02. The van der Waals surface area contributed by atoms with Crippen molar-refractivity contribution in [1.29, 1.82) is 0 Å². The molecule has 0 saturated heterocycles. The number of nitrogens with one attached hydrogen (secondary N) is 1. The number of thiazole rings is 1. The van der Waals surface area contributed by atoms with Crippen LogP contribution >= 0.6 is 22.9 Å². The van der Waals surface area contributed by atoms with Gasteiger partial charge in [-0.1, -0.05) is 23.7 Å². The van der Waals surface area contributed by atoms with E-state index < -0.39 is 0 Å². The zero-order valence-corrected chi connectivity index (χ0v) is 13.8. The van der Waals surface area contributed by atoms with E-state index in [4.69, 9.17) is 11.6 Å². The van der Waals surface area contributed by atoms with E-state index in [1.165, 1.54) is 18.2 Å². The molecule has 24 heavy (non-hydrogen) atoms. The minimum absolute atomic E-state index is 0.225. The van der Waals surface area contributed by atoms with E-state index in [0.29, 0.717) is 25.3 Å². The molecule has 0 radical (unpaired) electrons. The third kappa shape index (κ3) is 3.88. The Morgan fingerprint density at radius 1 is 1.08 bits per heavy atom. The molecular formula is C18H11ClFNO2S. The average Bonchev–Trinajstić information content (AvgIpc) is 2.89. The van der Waals surface area contributed by atoms with Crippen LogP contribution in [0.4, 0.5) is 4.39 Å². The Hall–Kier alpha value is -2.50. The van der Waals surface area contributed by atoms with Gasteiger partial charge in [-0.2, -0.15) is 0 Å². The molecule has 0 aliphatic carbocycles. The van der Waals surface area contributed by atoms with Crippen molar-refractivity contribution < 1.29 is 9.18 Å². The van der Waals surface area contributed by atoms with E-state index in [1.54, 1.807) is 42.5 Å². The van der Waals surface area contributed by atoms with Gasteiger partial charge >= 0.3 is 0 Å². The molecule has 0 atom stereocenters. The summed E-state index contributed by atoms with van der Waals surface area (Å²) in [5.74, 6) is -0.563. The minimum Gasteiger partial charge on any atom is -0.313 e. The van der Waals surface area contributed by atoms with Crippen LogP contribution in [-0.4, -0.2) is 10.8 Å². The highest BCUT2D eigenvalue weighted by Gasteiger charge is 2.03. The van der Waals surface area contributed by atoms with Gasteiger partial charge in [0.1, 0.15) is 5.82 Å². The molecule has 0 aliphatic rings. The van der Waals surface area contributed by atoms with E-state index in [-0.39, 0.29) is 17.2 Å². The molecule has 0 bridgehead atoms. The molecule has 3 aromatic rings. The number of hydrogen-bond acceptors (Lipinski definition) is 3. The van der Waals surface area contributed by atoms with Gasteiger partial charge in [0.15, 0.2) is 5.78 Å². The van der Waals surface area contributed by atoms with E-state index in [0.717, 1.165) is 11.3 Å². The maximum absolute atomic E-state index is 12.9. The maximum atomic E-state index is 12.9. The Kier molecular flexibility index (Phi) is 4.74. The molecule has 1 heterocycles. The molecular weight excluding hydrogens is 349 g/mol. The van der Waals surface area contributed by atoms with Gasteiger partial charge in [0, 0.05) is 16.7 Å². The highest BCUT2D eigenvalue weighted by molar-refractivity contribution is 7.07. The van der Waals surface area contributed by atoms with E-state index in [2.05, 4.69) is 4.98 Å². The number of ketones is 1. The number of rotatable bonds is 3. The molecule has 2 aromatic carbocycles. The van der Waals surface area contributed by atoms with Gasteiger partial charge in [0.2, 0.25) is 0 Å². The number of aromatic nitrogens is 1. The quantitative estimate of drug-likeness (QED) is 0.731. The summed E-state index contributed by atoms with van der Waals surface area (Å²) in [7, 11) is 0. The summed E-state index contributed by atoms with van der Waals surface area (Å²) >= 11 is 6.96. The number of carbonyl (C=O) groups is 1. The van der Waals surface area contributed by atoms with Gasteiger partial charge in [-0.15, -0.1) is 11.3 Å². The molecule has 0 aliphatic heterocycles. The number of benzene rings is 2. The van der Waals surface area contributed by atoms with Gasteiger partial charge in [0.25, 0.3) is 5.56 Å². The fourth-order valence-corrected chi connectivity index (χ4v) is 3.06. The second-order valence-corrected chi connectivity index (χ2v) is 6.52. The molecule has 1 N–H and O–H groups in total. The van der Waals surface area contributed by atoms with Crippen LogP contribution in [-0.2, 0) is 0 Å². The second-order valence-electron chi connectivity index (χ2n) is 5.00. The first-order chi connectivity index (χ1) is 11.5. The molecule has 0 unspecified atom stereocenters. The minimum atomic E-state index is -0.338. The van der Waals surface area contributed by atoms with Gasteiger partial charge in [-0.3, -0.25) is 9.59 Å². The first-order valence-electron chi connectivity index (χ1n) is 6.99. The summed E-state index contributed by atoms with van der Waals surface area (Å²) < 4.78 is 13.8. The average molecular weight is 360 g/mol. The first-order valence-corrected chi connectivity index (χ1v) is 8.19. The molecule has 0 saturated carbocycles. The molecule has 1 aromatic heterocycles. The van der Waals surface area contributed by atoms with E-state index in [9.17, 15) is 14.0 Å². The lowest BCUT2D eigenvalue weighted by molar-refractivity contribution is 0.106. The number of Topliss-reactive ketones (excluding diaryl/α,β-unsaturated/α-hetero) is 1. The first kappa shape index (κ1) is 16.4. The highest BCUT2D eigenvalue weighted by Crippen LogP contribution is 2.10. The fraction of sp³-hybridized carbons (Fsp3) is 0. The molecule has 3 rings (SSSR count). The van der Waals surface area contributed by atoms with Crippen LogP contribution in [0.5, 0.6) is 0 Å². The van der Waals surface area contributed by atoms with Gasteiger partial charge in [0.05, 0.1) is 9.20 Å². The SMILES string of the molecule is O=C(C=c1[nH]c(=O)c(=Cc2ccc(F)cc2)s1)c1ccc(Cl)cc1. The summed E-state index contributed by atoms with van der Waals surface area (Å²) in [4.78, 5) is 26.8. The van der Waals surface area contributed by atoms with Gasteiger partial charge in [-0.25, -0.2) is 4.39 Å². The Morgan fingerprint density at radius 3 is 2.42 bits per heavy atom. The van der Waals surface area contributed by atoms with Crippen LogP contribution in [0.25, 0.3) is 12.2 Å². The fourth-order valence-electron chi connectivity index (χ4n) is 2.05. The topological polar surface area (TPSA) is 49.9 Å². The summed E-state index contributed by atoms with van der Waals surface area (Å²) in [5, 5.41) is 0.548. The molecule has 3 nitrogen and oxygen atoms in total. The Labute approximate surface area is 145 Å². The summed E-state index contributed by atoms with van der Waals surface area (Å²) in [5.41, 5.74) is 0.900. The lowest BCUT2D eigenvalue weighted by Crippen LogP contribution is -2.20. The van der Waals surface area contributed by atoms with Crippen LogP contribution in [0.1, 0.15) is 15.9 Å². The number of H-pyrrole nitrogens is 1. The van der Waals surface area contributed by atoms with Crippen LogP contribution in [0.2, 0.25) is 5.02 Å². The number of aromatic amines is 1. The highest BCUT2D eigenvalue weighted by atomic mass is 35.5. The van der Waals surface area contributed by atoms with Crippen molar-refractivity contribution in [3.63, 3.8) is 0 Å². The normalized spacial score (nSPS) is 12.6. The molecule has 0 spiro atoms. The van der Waals surface area contributed by atoms with Gasteiger partial charge < -0.3 is 4.98 Å². The van der Waals surface area contributed by atoms with Crippen molar-refractivity contribution in [3.05, 3.63) is 90.0 Å². The molecule has 0 amide bonds. The second kappa shape index (κ2) is 6.95. The molecule has 120 valence electrons. The van der Waals surface area contributed by atoms with Crippen LogP contribution in [0, 0.1) is 5.82 Å². The number of halogens is 2. The van der Waals surface area contributed by atoms with Crippen molar-refractivity contribution in [2.24, 2.45) is 0 Å². The Morgan fingerprint density at radius 2 is 1.75 bits per heavy atom. The zero-order valence-electron chi connectivity index (χ0n) is 12.3. The third-order valence-corrected chi connectivity index (χ3v) is 4.45. The van der Waals surface area contributed by atoms with E-state index >= 15 is 0 Å². The third-order valence-electron chi connectivity index (χ3n) is 3.24. The van der Waals surface area contributed by atoms with Crippen molar-refractivity contribution in [2.45, 2.75) is 0 Å². The van der Waals surface area contributed by atoms with Crippen molar-refractivity contribution >= 4 is 40.9 Å². The lowest BCUT2D eigenvalue weighted by Gasteiger charge is -1.94. The van der Waals surface area contributed by atoms with Crippen LogP contribution in [0.3, 0.4) is 0 Å². The van der Waals surface area contributed by atoms with Crippen molar-refractivity contribution in [2.75, 3.05) is 0 Å². The van der Waals surface area contributed by atoms with Crippen LogP contribution in [0.15, 0.2) is 53.3 Å².